The van der Waals surface area contributed by atoms with E-state index in [1.54, 1.807) is 12.1 Å². The Bertz CT molecular complexity index is 330. The van der Waals surface area contributed by atoms with Crippen LogP contribution in [0.2, 0.25) is 0 Å². The van der Waals surface area contributed by atoms with Crippen molar-refractivity contribution in [2.45, 2.75) is 6.42 Å². The fourth-order valence-corrected chi connectivity index (χ4v) is 1.63. The predicted molar refractivity (Wildman–Crippen MR) is 58.4 cm³/mol. The highest BCUT2D eigenvalue weighted by molar-refractivity contribution is 9.10. The standard InChI is InChI=1S/C8H8BrNO2S/c9-7-2-1-6(3-4-13)5-8(7)10(11)12/h1-2,5,13H,3-4H2. The molecule has 0 unspecified atom stereocenters. The van der Waals surface area contributed by atoms with E-state index in [1.165, 1.54) is 0 Å². The molecule has 0 N–H and O–H groups in total. The molecule has 1 aromatic rings. The number of rotatable bonds is 3. The van der Waals surface area contributed by atoms with Crippen LogP contribution in [0.1, 0.15) is 5.56 Å². The third-order valence-corrected chi connectivity index (χ3v) is 2.50. The van der Waals surface area contributed by atoms with E-state index in [4.69, 9.17) is 0 Å². The Morgan fingerprint density at radius 1 is 1.54 bits per heavy atom. The van der Waals surface area contributed by atoms with Crippen LogP contribution >= 0.6 is 28.6 Å². The summed E-state index contributed by atoms with van der Waals surface area (Å²) in [6.45, 7) is 0. The molecule has 0 heterocycles. The zero-order chi connectivity index (χ0) is 9.84. The van der Waals surface area contributed by atoms with Gasteiger partial charge in [-0.25, -0.2) is 0 Å². The number of halogens is 1. The summed E-state index contributed by atoms with van der Waals surface area (Å²) in [6, 6.07) is 5.12. The minimum Gasteiger partial charge on any atom is -0.258 e. The largest absolute Gasteiger partial charge is 0.283 e. The van der Waals surface area contributed by atoms with Crippen LogP contribution in [0.5, 0.6) is 0 Å². The molecule has 13 heavy (non-hydrogen) atoms. The number of thiol groups is 1. The van der Waals surface area contributed by atoms with Crippen LogP contribution in [0.15, 0.2) is 22.7 Å². The Morgan fingerprint density at radius 2 is 2.23 bits per heavy atom. The van der Waals surface area contributed by atoms with Gasteiger partial charge in [-0.05, 0) is 39.7 Å². The van der Waals surface area contributed by atoms with Gasteiger partial charge in [0.15, 0.2) is 0 Å². The SMILES string of the molecule is O=[N+]([O-])c1cc(CCS)ccc1Br. The molecule has 0 radical (unpaired) electrons. The van der Waals surface area contributed by atoms with Crippen LogP contribution in [0, 0.1) is 10.1 Å². The fraction of sp³-hybridized carbons (Fsp3) is 0.250. The van der Waals surface area contributed by atoms with Crippen molar-refractivity contribution in [2.75, 3.05) is 5.75 Å². The Hall–Kier alpha value is -0.550. The Morgan fingerprint density at radius 3 is 2.77 bits per heavy atom. The average molecular weight is 262 g/mol. The number of nitro groups is 1. The summed E-state index contributed by atoms with van der Waals surface area (Å²) in [6.07, 6.45) is 0.747. The number of nitrogens with zero attached hydrogens (tertiary/aromatic N) is 1. The van der Waals surface area contributed by atoms with Crippen molar-refractivity contribution in [2.24, 2.45) is 0 Å². The van der Waals surface area contributed by atoms with Crippen molar-refractivity contribution in [1.29, 1.82) is 0 Å². The number of nitro benzene ring substituents is 1. The number of hydrogen-bond acceptors (Lipinski definition) is 3. The summed E-state index contributed by atoms with van der Waals surface area (Å²) in [5.41, 5.74) is 1.05. The highest BCUT2D eigenvalue weighted by atomic mass is 79.9. The summed E-state index contributed by atoms with van der Waals surface area (Å²) in [7, 11) is 0. The molecule has 0 spiro atoms. The molecular formula is C8H8BrNO2S. The van der Waals surface area contributed by atoms with Crippen molar-refractivity contribution >= 4 is 34.2 Å². The minimum absolute atomic E-state index is 0.110. The van der Waals surface area contributed by atoms with Crippen molar-refractivity contribution < 1.29 is 4.92 Å². The number of hydrogen-bond donors (Lipinski definition) is 1. The van der Waals surface area contributed by atoms with Gasteiger partial charge in [0, 0.05) is 6.07 Å². The van der Waals surface area contributed by atoms with Gasteiger partial charge in [0.2, 0.25) is 0 Å². The van der Waals surface area contributed by atoms with Gasteiger partial charge in [0.05, 0.1) is 9.40 Å². The quantitative estimate of drug-likeness (QED) is 0.517. The maximum atomic E-state index is 10.5. The Labute approximate surface area is 89.8 Å². The van der Waals surface area contributed by atoms with E-state index in [-0.39, 0.29) is 5.69 Å². The first kappa shape index (κ1) is 10.5. The van der Waals surface area contributed by atoms with Crippen LogP contribution in [-0.2, 0) is 6.42 Å². The fourth-order valence-electron chi connectivity index (χ4n) is 0.983. The second kappa shape index (κ2) is 4.62. The van der Waals surface area contributed by atoms with Crippen LogP contribution in [-0.4, -0.2) is 10.7 Å². The third kappa shape index (κ3) is 2.70. The van der Waals surface area contributed by atoms with Gasteiger partial charge in [-0.3, -0.25) is 10.1 Å². The van der Waals surface area contributed by atoms with Crippen molar-refractivity contribution in [3.05, 3.63) is 38.3 Å². The maximum Gasteiger partial charge on any atom is 0.283 e. The average Bonchev–Trinajstić information content (AvgIpc) is 2.08. The molecule has 3 nitrogen and oxygen atoms in total. The molecule has 1 rings (SSSR count). The van der Waals surface area contributed by atoms with Gasteiger partial charge in [-0.2, -0.15) is 12.6 Å². The lowest BCUT2D eigenvalue weighted by atomic mass is 10.1. The first-order chi connectivity index (χ1) is 6.15. The number of aryl methyl sites for hydroxylation is 1. The monoisotopic (exact) mass is 261 g/mol. The lowest BCUT2D eigenvalue weighted by Crippen LogP contribution is -1.92. The lowest BCUT2D eigenvalue weighted by molar-refractivity contribution is -0.385. The normalized spacial score (nSPS) is 10.0. The van der Waals surface area contributed by atoms with E-state index in [1.807, 2.05) is 6.07 Å². The van der Waals surface area contributed by atoms with E-state index < -0.39 is 4.92 Å². The second-order valence-corrected chi connectivity index (χ2v) is 3.82. The molecular weight excluding hydrogens is 254 g/mol. The van der Waals surface area contributed by atoms with Crippen LogP contribution in [0.3, 0.4) is 0 Å². The molecule has 0 aliphatic carbocycles. The first-order valence-electron chi connectivity index (χ1n) is 3.69. The molecule has 0 aliphatic heterocycles. The molecule has 0 saturated heterocycles. The van der Waals surface area contributed by atoms with Gasteiger partial charge >= 0.3 is 0 Å². The van der Waals surface area contributed by atoms with Crippen LogP contribution in [0.25, 0.3) is 0 Å². The molecule has 5 heteroatoms. The van der Waals surface area contributed by atoms with Crippen molar-refractivity contribution in [3.8, 4) is 0 Å². The lowest BCUT2D eigenvalue weighted by Gasteiger charge is -1.99. The second-order valence-electron chi connectivity index (χ2n) is 2.52. The van der Waals surface area contributed by atoms with E-state index >= 15 is 0 Å². The van der Waals surface area contributed by atoms with Gasteiger partial charge in [0.1, 0.15) is 0 Å². The van der Waals surface area contributed by atoms with E-state index in [9.17, 15) is 10.1 Å². The summed E-state index contributed by atoms with van der Waals surface area (Å²) in [5.74, 6) is 0.693. The summed E-state index contributed by atoms with van der Waals surface area (Å²) in [5, 5.41) is 10.5. The zero-order valence-electron chi connectivity index (χ0n) is 6.74. The molecule has 0 saturated carbocycles. The molecule has 0 bridgehead atoms. The first-order valence-corrected chi connectivity index (χ1v) is 5.11. The van der Waals surface area contributed by atoms with Crippen LogP contribution < -0.4 is 0 Å². The number of benzene rings is 1. The maximum absolute atomic E-state index is 10.5. The zero-order valence-corrected chi connectivity index (χ0v) is 9.22. The van der Waals surface area contributed by atoms with E-state index in [0.29, 0.717) is 10.2 Å². The van der Waals surface area contributed by atoms with Gasteiger partial charge in [-0.15, -0.1) is 0 Å². The summed E-state index contributed by atoms with van der Waals surface area (Å²) < 4.78 is 0.514. The molecule has 0 aromatic heterocycles. The minimum atomic E-state index is -0.397. The molecule has 0 amide bonds. The van der Waals surface area contributed by atoms with Gasteiger partial charge in [-0.1, -0.05) is 6.07 Å². The molecule has 0 aliphatic rings. The van der Waals surface area contributed by atoms with Gasteiger partial charge < -0.3 is 0 Å². The summed E-state index contributed by atoms with van der Waals surface area (Å²) in [4.78, 5) is 10.1. The smallest absolute Gasteiger partial charge is 0.258 e. The van der Waals surface area contributed by atoms with Crippen LogP contribution in [0.4, 0.5) is 5.69 Å². The Balaban J connectivity index is 3.04. The topological polar surface area (TPSA) is 43.1 Å². The van der Waals surface area contributed by atoms with Crippen molar-refractivity contribution in [3.63, 3.8) is 0 Å². The summed E-state index contributed by atoms with van der Waals surface area (Å²) >= 11 is 7.18. The molecule has 0 fully saturated rings. The molecule has 70 valence electrons. The third-order valence-electron chi connectivity index (χ3n) is 1.61. The van der Waals surface area contributed by atoms with Crippen molar-refractivity contribution in [1.82, 2.24) is 0 Å². The van der Waals surface area contributed by atoms with Gasteiger partial charge in [0.25, 0.3) is 5.69 Å². The predicted octanol–water partition coefficient (Wildman–Crippen LogP) is 2.83. The van der Waals surface area contributed by atoms with E-state index in [0.717, 1.165) is 12.0 Å². The van der Waals surface area contributed by atoms with E-state index in [2.05, 4.69) is 28.6 Å². The molecule has 0 atom stereocenters. The highest BCUT2D eigenvalue weighted by Gasteiger charge is 2.11. The Kier molecular flexibility index (Phi) is 3.74. The highest BCUT2D eigenvalue weighted by Crippen LogP contribution is 2.25. The molecule has 1 aromatic carbocycles.